The highest BCUT2D eigenvalue weighted by Crippen LogP contribution is 2.35. The van der Waals surface area contributed by atoms with Crippen molar-refractivity contribution in [1.29, 1.82) is 0 Å². The fourth-order valence-electron chi connectivity index (χ4n) is 1.17. The van der Waals surface area contributed by atoms with Crippen molar-refractivity contribution in [2.75, 3.05) is 12.8 Å². The number of anilines is 1. The fraction of sp³-hybridized carbons (Fsp3) is 0.100. The summed E-state index contributed by atoms with van der Waals surface area (Å²) < 4.78 is 10.9. The smallest absolute Gasteiger partial charge is 0.330 e. The van der Waals surface area contributed by atoms with Gasteiger partial charge < -0.3 is 15.2 Å². The Balaban J connectivity index is 2.36. The van der Waals surface area contributed by atoms with E-state index in [1.807, 2.05) is 0 Å². The van der Waals surface area contributed by atoms with Gasteiger partial charge >= 0.3 is 12.0 Å². The molecule has 0 spiro atoms. The van der Waals surface area contributed by atoms with Gasteiger partial charge in [0.25, 0.3) is 0 Å². The van der Waals surface area contributed by atoms with Crippen LogP contribution in [-0.4, -0.2) is 22.1 Å². The van der Waals surface area contributed by atoms with Crippen LogP contribution in [0, 0.1) is 0 Å². The number of aromatic nitrogens is 3. The Morgan fingerprint density at radius 2 is 1.79 bits per heavy atom. The number of benzene rings is 1. The summed E-state index contributed by atoms with van der Waals surface area (Å²) >= 11 is 15.2. The van der Waals surface area contributed by atoms with Gasteiger partial charge in [-0.1, -0.05) is 23.2 Å². The van der Waals surface area contributed by atoms with E-state index >= 15 is 0 Å². The summed E-state index contributed by atoms with van der Waals surface area (Å²) in [5.74, 6) is 0.267. The minimum Gasteiger partial charge on any atom is -0.467 e. The molecule has 0 aliphatic heterocycles. The molecular formula is C10H7BrCl2N4O2. The lowest BCUT2D eigenvalue weighted by Gasteiger charge is -2.08. The lowest BCUT2D eigenvalue weighted by molar-refractivity contribution is 0.360. The monoisotopic (exact) mass is 364 g/mol. The van der Waals surface area contributed by atoms with Gasteiger partial charge in [-0.2, -0.15) is 9.97 Å². The zero-order valence-corrected chi connectivity index (χ0v) is 12.6. The molecule has 0 amide bonds. The first-order valence-corrected chi connectivity index (χ1v) is 6.42. The van der Waals surface area contributed by atoms with Crippen LogP contribution in [0.1, 0.15) is 0 Å². The predicted molar refractivity (Wildman–Crippen MR) is 75.0 cm³/mol. The first kappa shape index (κ1) is 14.1. The minimum atomic E-state index is -0.0374. The van der Waals surface area contributed by atoms with Crippen LogP contribution in [0.5, 0.6) is 17.8 Å². The summed E-state index contributed by atoms with van der Waals surface area (Å²) in [6, 6.07) is 3.13. The molecule has 1 heterocycles. The molecule has 0 unspecified atom stereocenters. The average Bonchev–Trinajstić information content (AvgIpc) is 2.35. The normalized spacial score (nSPS) is 10.3. The highest BCUT2D eigenvalue weighted by Gasteiger charge is 2.11. The Morgan fingerprint density at radius 3 is 2.47 bits per heavy atom. The van der Waals surface area contributed by atoms with Crippen LogP contribution in [0.2, 0.25) is 10.0 Å². The summed E-state index contributed by atoms with van der Waals surface area (Å²) in [6.07, 6.45) is 0. The van der Waals surface area contributed by atoms with Gasteiger partial charge in [-0.25, -0.2) is 0 Å². The van der Waals surface area contributed by atoms with E-state index < -0.39 is 0 Å². The van der Waals surface area contributed by atoms with Gasteiger partial charge in [0.2, 0.25) is 5.95 Å². The Labute approximate surface area is 127 Å². The maximum atomic E-state index is 6.02. The van der Waals surface area contributed by atoms with Crippen molar-refractivity contribution in [2.24, 2.45) is 0 Å². The van der Waals surface area contributed by atoms with Crippen LogP contribution in [-0.2, 0) is 0 Å². The highest BCUT2D eigenvalue weighted by atomic mass is 79.9. The third kappa shape index (κ3) is 3.37. The van der Waals surface area contributed by atoms with Crippen LogP contribution in [0.3, 0.4) is 0 Å². The summed E-state index contributed by atoms with van der Waals surface area (Å²) in [4.78, 5) is 11.4. The van der Waals surface area contributed by atoms with E-state index in [1.54, 1.807) is 6.07 Å². The Hall–Kier alpha value is -1.31. The molecule has 0 atom stereocenters. The summed E-state index contributed by atoms with van der Waals surface area (Å²) in [7, 11) is 1.40. The molecule has 0 fully saturated rings. The molecule has 9 heteroatoms. The van der Waals surface area contributed by atoms with Crippen molar-refractivity contribution < 1.29 is 9.47 Å². The lowest BCUT2D eigenvalue weighted by Crippen LogP contribution is -2.03. The highest BCUT2D eigenvalue weighted by molar-refractivity contribution is 9.10. The number of nitrogens with zero attached hydrogens (tertiary/aromatic N) is 3. The number of rotatable bonds is 3. The average molecular weight is 366 g/mol. The molecule has 0 saturated heterocycles. The molecule has 1 aromatic heterocycles. The van der Waals surface area contributed by atoms with Gasteiger partial charge in [-0.3, -0.25) is 0 Å². The number of methoxy groups -OCH3 is 1. The second kappa shape index (κ2) is 5.77. The number of nitrogen functional groups attached to an aromatic ring is 1. The molecular weight excluding hydrogens is 359 g/mol. The SMILES string of the molecule is COc1nc(N)nc(Oc2cc(Cl)c(Br)cc2Cl)n1. The van der Waals surface area contributed by atoms with Crippen molar-refractivity contribution in [3.63, 3.8) is 0 Å². The quantitative estimate of drug-likeness (QED) is 0.840. The first-order valence-electron chi connectivity index (χ1n) is 4.87. The Morgan fingerprint density at radius 1 is 1.11 bits per heavy atom. The molecule has 6 nitrogen and oxygen atoms in total. The molecule has 100 valence electrons. The van der Waals surface area contributed by atoms with Crippen molar-refractivity contribution in [3.8, 4) is 17.8 Å². The Bertz CT molecular complexity index is 627. The van der Waals surface area contributed by atoms with Gasteiger partial charge in [0.1, 0.15) is 0 Å². The zero-order valence-electron chi connectivity index (χ0n) is 9.52. The van der Waals surface area contributed by atoms with Crippen LogP contribution in [0.25, 0.3) is 0 Å². The number of hydrogen-bond donors (Lipinski definition) is 1. The number of ether oxygens (including phenoxy) is 2. The van der Waals surface area contributed by atoms with Crippen LogP contribution in [0.4, 0.5) is 5.95 Å². The number of halogens is 3. The summed E-state index contributed by atoms with van der Waals surface area (Å²) in [5, 5.41) is 0.780. The van der Waals surface area contributed by atoms with Crippen LogP contribution >= 0.6 is 39.1 Å². The third-order valence-corrected chi connectivity index (χ3v) is 3.46. The topological polar surface area (TPSA) is 83.2 Å². The fourth-order valence-corrected chi connectivity index (χ4v) is 2.00. The Kier molecular flexibility index (Phi) is 4.28. The molecule has 1 aromatic carbocycles. The molecule has 2 aromatic rings. The second-order valence-electron chi connectivity index (χ2n) is 3.26. The van der Waals surface area contributed by atoms with Crippen LogP contribution in [0.15, 0.2) is 16.6 Å². The van der Waals surface area contributed by atoms with E-state index in [2.05, 4.69) is 30.9 Å². The molecule has 0 saturated carbocycles. The maximum Gasteiger partial charge on any atom is 0.330 e. The number of hydrogen-bond acceptors (Lipinski definition) is 6. The molecule has 2 rings (SSSR count). The van der Waals surface area contributed by atoms with Crippen molar-refractivity contribution in [3.05, 3.63) is 26.7 Å². The van der Waals surface area contributed by atoms with Gasteiger partial charge in [0, 0.05) is 10.5 Å². The molecule has 0 radical (unpaired) electrons. The van der Waals surface area contributed by atoms with E-state index in [9.17, 15) is 0 Å². The maximum absolute atomic E-state index is 6.02. The third-order valence-electron chi connectivity index (χ3n) is 1.97. The molecule has 0 bridgehead atoms. The largest absolute Gasteiger partial charge is 0.467 e. The van der Waals surface area contributed by atoms with Crippen LogP contribution < -0.4 is 15.2 Å². The standard InChI is InChI=1S/C10H7BrCl2N4O2/c1-18-9-15-8(14)16-10(17-9)19-7-3-5(12)4(11)2-6(7)13/h2-3H,1H3,(H2,14,15,16,17). The molecule has 2 N–H and O–H groups in total. The van der Waals surface area contributed by atoms with Gasteiger partial charge in [0.15, 0.2) is 5.75 Å². The van der Waals surface area contributed by atoms with Gasteiger partial charge in [0.05, 0.1) is 17.2 Å². The zero-order chi connectivity index (χ0) is 14.0. The molecule has 0 aliphatic carbocycles. The van der Waals surface area contributed by atoms with Crippen molar-refractivity contribution in [2.45, 2.75) is 0 Å². The molecule has 0 aliphatic rings. The van der Waals surface area contributed by atoms with E-state index in [0.717, 1.165) is 0 Å². The van der Waals surface area contributed by atoms with Crippen molar-refractivity contribution in [1.82, 2.24) is 15.0 Å². The van der Waals surface area contributed by atoms with Gasteiger partial charge in [-0.05, 0) is 22.0 Å². The summed E-state index contributed by atoms with van der Waals surface area (Å²) in [5.41, 5.74) is 5.49. The van der Waals surface area contributed by atoms with E-state index in [-0.39, 0.29) is 18.0 Å². The van der Waals surface area contributed by atoms with E-state index in [1.165, 1.54) is 13.2 Å². The minimum absolute atomic E-state index is 0.0267. The number of nitrogens with two attached hydrogens (primary N) is 1. The molecule has 19 heavy (non-hydrogen) atoms. The van der Waals surface area contributed by atoms with Crippen molar-refractivity contribution >= 4 is 45.1 Å². The summed E-state index contributed by atoms with van der Waals surface area (Å²) in [6.45, 7) is 0. The lowest BCUT2D eigenvalue weighted by atomic mass is 10.3. The second-order valence-corrected chi connectivity index (χ2v) is 4.93. The predicted octanol–water partition coefficient (Wildman–Crippen LogP) is 3.32. The van der Waals surface area contributed by atoms with Gasteiger partial charge in [-0.15, -0.1) is 4.98 Å². The van der Waals surface area contributed by atoms with E-state index in [4.69, 9.17) is 38.4 Å². The van der Waals surface area contributed by atoms with E-state index in [0.29, 0.717) is 20.3 Å². The first-order chi connectivity index (χ1) is 8.99.